The maximum atomic E-state index is 6.82. The average molecular weight is 675 g/mol. The van der Waals surface area contributed by atoms with Crippen LogP contribution in [0.3, 0.4) is 0 Å². The lowest BCUT2D eigenvalue weighted by molar-refractivity contribution is 0.671. The van der Waals surface area contributed by atoms with E-state index >= 15 is 0 Å². The molecular formula is C50H30N2O. The average Bonchev–Trinajstić information content (AvgIpc) is 3.78. The van der Waals surface area contributed by atoms with Gasteiger partial charge in [-0.1, -0.05) is 115 Å². The van der Waals surface area contributed by atoms with E-state index in [1.165, 1.54) is 48.6 Å². The van der Waals surface area contributed by atoms with Crippen LogP contribution in [-0.2, 0) is 0 Å². The van der Waals surface area contributed by atoms with Crippen LogP contribution in [-0.4, -0.2) is 4.57 Å². The van der Waals surface area contributed by atoms with Gasteiger partial charge in [0.05, 0.1) is 11.0 Å². The van der Waals surface area contributed by atoms with Gasteiger partial charge >= 0.3 is 0 Å². The lowest BCUT2D eigenvalue weighted by Gasteiger charge is -2.25. The van der Waals surface area contributed by atoms with Crippen molar-refractivity contribution in [2.45, 2.75) is 0 Å². The van der Waals surface area contributed by atoms with E-state index in [1.54, 1.807) is 0 Å². The van der Waals surface area contributed by atoms with E-state index in [4.69, 9.17) is 4.42 Å². The van der Waals surface area contributed by atoms with Gasteiger partial charge in [0, 0.05) is 49.7 Å². The summed E-state index contributed by atoms with van der Waals surface area (Å²) in [6, 6.07) is 65.7. The Bertz CT molecular complexity index is 3280. The van der Waals surface area contributed by atoms with Crippen molar-refractivity contribution >= 4 is 93.1 Å². The number of furan rings is 1. The zero-order valence-corrected chi connectivity index (χ0v) is 28.6. The zero-order valence-electron chi connectivity index (χ0n) is 28.6. The number of para-hydroxylation sites is 3. The molecule has 0 unspecified atom stereocenters. The minimum Gasteiger partial charge on any atom is -0.454 e. The van der Waals surface area contributed by atoms with Crippen LogP contribution in [0.2, 0.25) is 0 Å². The Kier molecular flexibility index (Phi) is 5.77. The minimum atomic E-state index is 0.909. The lowest BCUT2D eigenvalue weighted by Crippen LogP contribution is -2.09. The van der Waals surface area contributed by atoms with E-state index in [0.29, 0.717) is 0 Å². The van der Waals surface area contributed by atoms with Crippen LogP contribution in [0.4, 0.5) is 17.1 Å². The molecule has 0 saturated heterocycles. The van der Waals surface area contributed by atoms with Gasteiger partial charge in [-0.2, -0.15) is 0 Å². The largest absolute Gasteiger partial charge is 0.454 e. The number of anilines is 3. The highest BCUT2D eigenvalue weighted by Gasteiger charge is 2.26. The monoisotopic (exact) mass is 674 g/mol. The second kappa shape index (κ2) is 10.7. The van der Waals surface area contributed by atoms with Gasteiger partial charge in [0.15, 0.2) is 5.58 Å². The Morgan fingerprint density at radius 2 is 1.06 bits per heavy atom. The van der Waals surface area contributed by atoms with Crippen molar-refractivity contribution in [3.8, 4) is 16.8 Å². The second-order valence-electron chi connectivity index (χ2n) is 14.1. The first-order valence-corrected chi connectivity index (χ1v) is 18.2. The van der Waals surface area contributed by atoms with Crippen LogP contribution in [0.5, 0.6) is 0 Å². The molecule has 3 heteroatoms. The summed E-state index contributed by atoms with van der Waals surface area (Å²) in [5.41, 5.74) is 10.9. The summed E-state index contributed by atoms with van der Waals surface area (Å²) in [7, 11) is 0. The summed E-state index contributed by atoms with van der Waals surface area (Å²) in [5.74, 6) is 0. The molecule has 0 saturated carbocycles. The van der Waals surface area contributed by atoms with Crippen molar-refractivity contribution in [2.24, 2.45) is 0 Å². The quantitative estimate of drug-likeness (QED) is 0.134. The summed E-state index contributed by atoms with van der Waals surface area (Å²) in [6.45, 7) is 0. The number of benzene rings is 10. The number of hydrogen-bond acceptors (Lipinski definition) is 2. The molecule has 53 heavy (non-hydrogen) atoms. The molecule has 12 rings (SSSR count). The predicted molar refractivity (Wildman–Crippen MR) is 223 cm³/mol. The lowest BCUT2D eigenvalue weighted by atomic mass is 9.89. The van der Waals surface area contributed by atoms with Gasteiger partial charge in [-0.15, -0.1) is 0 Å². The van der Waals surface area contributed by atoms with Gasteiger partial charge in [0.25, 0.3) is 0 Å². The smallest absolute Gasteiger partial charge is 0.160 e. The summed E-state index contributed by atoms with van der Waals surface area (Å²) in [4.78, 5) is 2.30. The van der Waals surface area contributed by atoms with E-state index in [-0.39, 0.29) is 0 Å². The molecule has 0 aliphatic rings. The van der Waals surface area contributed by atoms with E-state index < -0.39 is 0 Å². The fourth-order valence-corrected chi connectivity index (χ4v) is 8.99. The van der Waals surface area contributed by atoms with Crippen LogP contribution in [0, 0.1) is 0 Å². The molecule has 3 nitrogen and oxygen atoms in total. The van der Waals surface area contributed by atoms with Gasteiger partial charge in [0.2, 0.25) is 0 Å². The molecule has 2 aromatic heterocycles. The highest BCUT2D eigenvalue weighted by molar-refractivity contribution is 6.43. The molecule has 2 heterocycles. The van der Waals surface area contributed by atoms with Crippen molar-refractivity contribution in [1.29, 1.82) is 0 Å². The normalized spacial score (nSPS) is 12.2. The van der Waals surface area contributed by atoms with Gasteiger partial charge in [0.1, 0.15) is 5.58 Å². The molecule has 246 valence electrons. The molecular weight excluding hydrogens is 645 g/mol. The summed E-state index contributed by atoms with van der Waals surface area (Å²) < 4.78 is 9.27. The molecule has 0 fully saturated rings. The number of rotatable bonds is 5. The third-order valence-electron chi connectivity index (χ3n) is 11.2. The number of fused-ring (bicyclic) bond motifs is 5. The van der Waals surface area contributed by atoms with Crippen LogP contribution >= 0.6 is 0 Å². The highest BCUT2D eigenvalue weighted by Crippen LogP contribution is 2.50. The van der Waals surface area contributed by atoms with E-state index in [0.717, 1.165) is 61.3 Å². The Morgan fingerprint density at radius 3 is 1.85 bits per heavy atom. The Labute approximate surface area is 304 Å². The van der Waals surface area contributed by atoms with Crippen molar-refractivity contribution in [2.75, 3.05) is 4.90 Å². The second-order valence-corrected chi connectivity index (χ2v) is 14.1. The van der Waals surface area contributed by atoms with E-state index in [1.807, 2.05) is 0 Å². The zero-order chi connectivity index (χ0) is 34.6. The topological polar surface area (TPSA) is 21.3 Å². The first kappa shape index (κ1) is 28.6. The SMILES string of the molecule is c1ccc(N(c2ccccc2)c2ccc(-c3cccc(-n4c5ccc6ccc7cccc8c9cc%10c%11ccccc%11oc%10c4c9c5c6c78)c3)cc2)cc1. The molecule has 0 N–H and O–H groups in total. The molecule has 10 aromatic carbocycles. The standard InChI is InChI=1S/C50H30N2O/c1-3-13-35(14-4-1)51(36-15-5-2-6-16-36)37-26-23-31(24-27-37)34-12-9-17-38(29-34)52-43-28-25-33-22-21-32-11-10-19-40-41-30-42-39-18-7-8-20-44(39)53-50(42)49(52)47(41)48(43)46(33)45(32)40/h1-30H. The number of hydrogen-bond donors (Lipinski definition) is 0. The molecule has 0 radical (unpaired) electrons. The van der Waals surface area contributed by atoms with Crippen LogP contribution in [0.25, 0.3) is 92.9 Å². The van der Waals surface area contributed by atoms with Crippen molar-refractivity contribution in [3.05, 3.63) is 182 Å². The van der Waals surface area contributed by atoms with E-state index in [9.17, 15) is 0 Å². The Hall–Kier alpha value is -7.10. The molecule has 0 amide bonds. The maximum absolute atomic E-state index is 6.82. The van der Waals surface area contributed by atoms with Gasteiger partial charge in [-0.3, -0.25) is 0 Å². The van der Waals surface area contributed by atoms with E-state index in [2.05, 4.69) is 191 Å². The van der Waals surface area contributed by atoms with Crippen LogP contribution < -0.4 is 4.90 Å². The third-order valence-corrected chi connectivity index (χ3v) is 11.2. The van der Waals surface area contributed by atoms with Crippen LogP contribution in [0.15, 0.2) is 186 Å². The van der Waals surface area contributed by atoms with Crippen molar-refractivity contribution in [1.82, 2.24) is 4.57 Å². The van der Waals surface area contributed by atoms with Crippen LogP contribution in [0.1, 0.15) is 0 Å². The first-order chi connectivity index (χ1) is 26.3. The Balaban J connectivity index is 1.10. The molecule has 0 atom stereocenters. The molecule has 12 aromatic rings. The van der Waals surface area contributed by atoms with Crippen molar-refractivity contribution < 1.29 is 4.42 Å². The Morgan fingerprint density at radius 1 is 0.396 bits per heavy atom. The summed E-state index contributed by atoms with van der Waals surface area (Å²) in [6.07, 6.45) is 0. The van der Waals surface area contributed by atoms with Crippen molar-refractivity contribution in [3.63, 3.8) is 0 Å². The first-order valence-electron chi connectivity index (χ1n) is 18.2. The van der Waals surface area contributed by atoms with Gasteiger partial charge < -0.3 is 13.9 Å². The summed E-state index contributed by atoms with van der Waals surface area (Å²) >= 11 is 0. The predicted octanol–water partition coefficient (Wildman–Crippen LogP) is 14.2. The summed E-state index contributed by atoms with van der Waals surface area (Å²) in [5, 5.41) is 12.6. The number of nitrogens with zero attached hydrogens (tertiary/aromatic N) is 2. The fraction of sp³-hybridized carbons (Fsp3) is 0. The molecule has 0 aliphatic heterocycles. The van der Waals surface area contributed by atoms with Gasteiger partial charge in [-0.05, 0) is 105 Å². The third kappa shape index (κ3) is 3.99. The fourth-order valence-electron chi connectivity index (χ4n) is 8.99. The maximum Gasteiger partial charge on any atom is 0.160 e. The van der Waals surface area contributed by atoms with Gasteiger partial charge in [-0.25, -0.2) is 0 Å². The molecule has 0 bridgehead atoms. The number of aromatic nitrogens is 1. The minimum absolute atomic E-state index is 0.909. The molecule has 0 spiro atoms. The molecule has 0 aliphatic carbocycles. The highest BCUT2D eigenvalue weighted by atomic mass is 16.3.